The molecule has 0 unspecified atom stereocenters. The molecule has 0 aliphatic heterocycles. The standard InChI is InChI=1S/C26H21F2N3O4/c1-26(2,34)13-31-23-17(12-30-31)9-20(22(28)24(23)35-3)18-7-6-15(25(32)33)8-19(18)14-4-5-16(11-29)21(27)10-14/h4-10,12,34H,13H2,1-3H3,(H,32,33). The Labute approximate surface area is 199 Å². The predicted octanol–water partition coefficient (Wildman–Crippen LogP) is 5.00. The van der Waals surface area contributed by atoms with Gasteiger partial charge in [0.25, 0.3) is 0 Å². The summed E-state index contributed by atoms with van der Waals surface area (Å²) in [6.45, 7) is 3.30. The lowest BCUT2D eigenvalue weighted by Crippen LogP contribution is -2.26. The van der Waals surface area contributed by atoms with Crippen molar-refractivity contribution in [3.05, 3.63) is 71.4 Å². The van der Waals surface area contributed by atoms with E-state index in [4.69, 9.17) is 10.00 Å². The van der Waals surface area contributed by atoms with Crippen molar-refractivity contribution in [2.75, 3.05) is 7.11 Å². The lowest BCUT2D eigenvalue weighted by molar-refractivity contribution is 0.0589. The highest BCUT2D eigenvalue weighted by Crippen LogP contribution is 2.41. The molecule has 0 fully saturated rings. The number of ether oxygens (including phenoxy) is 1. The van der Waals surface area contributed by atoms with Crippen LogP contribution in [0.5, 0.6) is 5.75 Å². The predicted molar refractivity (Wildman–Crippen MR) is 125 cm³/mol. The van der Waals surface area contributed by atoms with Gasteiger partial charge in [0.1, 0.15) is 17.4 Å². The van der Waals surface area contributed by atoms with Crippen LogP contribution < -0.4 is 4.74 Å². The molecule has 0 amide bonds. The summed E-state index contributed by atoms with van der Waals surface area (Å²) in [7, 11) is 1.31. The Kier molecular flexibility index (Phi) is 6.01. The number of hydrogen-bond donors (Lipinski definition) is 2. The van der Waals surface area contributed by atoms with Gasteiger partial charge in [0.15, 0.2) is 11.6 Å². The van der Waals surface area contributed by atoms with Crippen molar-refractivity contribution in [1.82, 2.24) is 9.78 Å². The third-order valence-corrected chi connectivity index (χ3v) is 5.52. The van der Waals surface area contributed by atoms with E-state index in [0.717, 1.165) is 6.07 Å². The zero-order chi connectivity index (χ0) is 25.5. The fourth-order valence-corrected chi connectivity index (χ4v) is 3.99. The Morgan fingerprint density at radius 2 is 1.89 bits per heavy atom. The summed E-state index contributed by atoms with van der Waals surface area (Å²) in [6, 6.07) is 11.2. The van der Waals surface area contributed by atoms with Gasteiger partial charge in [-0.2, -0.15) is 10.4 Å². The van der Waals surface area contributed by atoms with Gasteiger partial charge in [-0.05, 0) is 60.9 Å². The van der Waals surface area contributed by atoms with Gasteiger partial charge in [-0.1, -0.05) is 12.1 Å². The van der Waals surface area contributed by atoms with Gasteiger partial charge in [0.05, 0.1) is 36.6 Å². The first-order valence-electron chi connectivity index (χ1n) is 10.6. The molecule has 0 bridgehead atoms. The van der Waals surface area contributed by atoms with E-state index in [1.165, 1.54) is 48.3 Å². The molecule has 0 radical (unpaired) electrons. The molecule has 0 saturated heterocycles. The lowest BCUT2D eigenvalue weighted by atomic mass is 9.91. The van der Waals surface area contributed by atoms with Gasteiger partial charge in [-0.25, -0.2) is 13.6 Å². The first kappa shape index (κ1) is 23.9. The van der Waals surface area contributed by atoms with E-state index in [9.17, 15) is 19.4 Å². The van der Waals surface area contributed by atoms with Gasteiger partial charge in [0, 0.05) is 10.9 Å². The SMILES string of the molecule is COc1c(F)c(-c2ccc(C(=O)O)cc2-c2ccc(C#N)c(F)c2)cc2cnn(CC(C)(C)O)c12. The number of aliphatic hydroxyl groups is 1. The van der Waals surface area contributed by atoms with Crippen molar-refractivity contribution in [3.8, 4) is 34.1 Å². The zero-order valence-electron chi connectivity index (χ0n) is 19.1. The van der Waals surface area contributed by atoms with E-state index in [1.54, 1.807) is 26.0 Å². The van der Waals surface area contributed by atoms with Crippen LogP contribution in [0.2, 0.25) is 0 Å². The summed E-state index contributed by atoms with van der Waals surface area (Å²) in [6.07, 6.45) is 1.51. The smallest absolute Gasteiger partial charge is 0.335 e. The van der Waals surface area contributed by atoms with E-state index in [1.807, 2.05) is 0 Å². The Morgan fingerprint density at radius 1 is 1.14 bits per heavy atom. The van der Waals surface area contributed by atoms with Crippen molar-refractivity contribution < 1.29 is 28.5 Å². The quantitative estimate of drug-likeness (QED) is 0.405. The van der Waals surface area contributed by atoms with Gasteiger partial charge in [-0.3, -0.25) is 4.68 Å². The van der Waals surface area contributed by atoms with Crippen LogP contribution >= 0.6 is 0 Å². The second-order valence-electron chi connectivity index (χ2n) is 8.70. The molecule has 0 saturated carbocycles. The number of carboxylic acid groups (broad SMARTS) is 1. The number of benzene rings is 3. The first-order valence-corrected chi connectivity index (χ1v) is 10.6. The Morgan fingerprint density at radius 3 is 2.49 bits per heavy atom. The van der Waals surface area contributed by atoms with Crippen molar-refractivity contribution in [3.63, 3.8) is 0 Å². The van der Waals surface area contributed by atoms with Crippen LogP contribution in [0.1, 0.15) is 29.8 Å². The molecular formula is C26H21F2N3O4. The number of methoxy groups -OCH3 is 1. The van der Waals surface area contributed by atoms with Crippen LogP contribution in [-0.2, 0) is 6.54 Å². The third-order valence-electron chi connectivity index (χ3n) is 5.52. The second kappa shape index (κ2) is 8.81. The van der Waals surface area contributed by atoms with Crippen molar-refractivity contribution in [2.24, 2.45) is 0 Å². The number of nitriles is 1. The van der Waals surface area contributed by atoms with Gasteiger partial charge >= 0.3 is 5.97 Å². The maximum atomic E-state index is 15.9. The second-order valence-corrected chi connectivity index (χ2v) is 8.70. The van der Waals surface area contributed by atoms with E-state index < -0.39 is 23.2 Å². The topological polar surface area (TPSA) is 108 Å². The molecule has 7 nitrogen and oxygen atoms in total. The molecule has 0 aliphatic carbocycles. The molecular weight excluding hydrogens is 456 g/mol. The Balaban J connectivity index is 2.00. The number of hydrogen-bond acceptors (Lipinski definition) is 5. The molecule has 0 aliphatic rings. The van der Waals surface area contributed by atoms with Crippen LogP contribution in [0.25, 0.3) is 33.2 Å². The van der Waals surface area contributed by atoms with Gasteiger partial charge in [-0.15, -0.1) is 0 Å². The molecule has 3 aromatic carbocycles. The number of fused-ring (bicyclic) bond motifs is 1. The average molecular weight is 477 g/mol. The summed E-state index contributed by atoms with van der Waals surface area (Å²) in [5.74, 6) is -2.80. The van der Waals surface area contributed by atoms with Crippen LogP contribution in [0.15, 0.2) is 48.7 Å². The summed E-state index contributed by atoms with van der Waals surface area (Å²) < 4.78 is 37.1. The first-order chi connectivity index (χ1) is 16.5. The maximum absolute atomic E-state index is 15.9. The molecule has 2 N–H and O–H groups in total. The number of carboxylic acids is 1. The molecule has 4 rings (SSSR count). The molecule has 1 heterocycles. The molecule has 35 heavy (non-hydrogen) atoms. The highest BCUT2D eigenvalue weighted by atomic mass is 19.1. The minimum Gasteiger partial charge on any atom is -0.491 e. The molecule has 4 aromatic rings. The molecule has 178 valence electrons. The third kappa shape index (κ3) is 4.44. The summed E-state index contributed by atoms with van der Waals surface area (Å²) in [5.41, 5.74) is -0.0742. The van der Waals surface area contributed by atoms with E-state index in [0.29, 0.717) is 16.5 Å². The fourth-order valence-electron chi connectivity index (χ4n) is 3.99. The Hall–Kier alpha value is -4.29. The van der Waals surface area contributed by atoms with Crippen LogP contribution in [-0.4, -0.2) is 38.7 Å². The van der Waals surface area contributed by atoms with E-state index in [-0.39, 0.29) is 40.1 Å². The zero-order valence-corrected chi connectivity index (χ0v) is 19.1. The molecule has 0 atom stereocenters. The van der Waals surface area contributed by atoms with Gasteiger partial charge in [0.2, 0.25) is 0 Å². The normalized spacial score (nSPS) is 11.5. The number of aromatic carboxylic acids is 1. The number of halogens is 2. The van der Waals surface area contributed by atoms with Crippen molar-refractivity contribution >= 4 is 16.9 Å². The highest BCUT2D eigenvalue weighted by Gasteiger charge is 2.24. The monoisotopic (exact) mass is 477 g/mol. The van der Waals surface area contributed by atoms with Crippen LogP contribution in [0, 0.1) is 23.0 Å². The fraction of sp³-hybridized carbons (Fsp3) is 0.192. The minimum atomic E-state index is -1.20. The summed E-state index contributed by atoms with van der Waals surface area (Å²) in [5, 5.41) is 33.5. The maximum Gasteiger partial charge on any atom is 0.335 e. The van der Waals surface area contributed by atoms with Crippen molar-refractivity contribution in [2.45, 2.75) is 26.0 Å². The van der Waals surface area contributed by atoms with Crippen LogP contribution in [0.3, 0.4) is 0 Å². The van der Waals surface area contributed by atoms with Crippen LogP contribution in [0.4, 0.5) is 8.78 Å². The summed E-state index contributed by atoms with van der Waals surface area (Å²) >= 11 is 0. The highest BCUT2D eigenvalue weighted by molar-refractivity contribution is 5.97. The number of aromatic nitrogens is 2. The van der Waals surface area contributed by atoms with E-state index in [2.05, 4.69) is 5.10 Å². The largest absolute Gasteiger partial charge is 0.491 e. The minimum absolute atomic E-state index is 0.0695. The lowest BCUT2D eigenvalue weighted by Gasteiger charge is -2.19. The molecule has 9 heteroatoms. The Bertz CT molecular complexity index is 1510. The number of carbonyl (C=O) groups is 1. The summed E-state index contributed by atoms with van der Waals surface area (Å²) in [4.78, 5) is 11.6. The number of nitrogens with zero attached hydrogens (tertiary/aromatic N) is 3. The van der Waals surface area contributed by atoms with Gasteiger partial charge < -0.3 is 14.9 Å². The average Bonchev–Trinajstić information content (AvgIpc) is 3.18. The van der Waals surface area contributed by atoms with Crippen molar-refractivity contribution in [1.29, 1.82) is 5.26 Å². The van der Waals surface area contributed by atoms with E-state index >= 15 is 4.39 Å². The molecule has 0 spiro atoms. The molecule has 1 aromatic heterocycles. The number of rotatable bonds is 6.